The minimum absolute atomic E-state index is 0.148. The van der Waals surface area contributed by atoms with Crippen LogP contribution in [-0.2, 0) is 14.8 Å². The van der Waals surface area contributed by atoms with Crippen molar-refractivity contribution < 1.29 is 22.7 Å². The van der Waals surface area contributed by atoms with Gasteiger partial charge in [-0.2, -0.15) is 4.31 Å². The molecule has 2 aliphatic heterocycles. The molecule has 1 aromatic rings. The Morgan fingerprint density at radius 3 is 2.23 bits per heavy atom. The van der Waals surface area contributed by atoms with Gasteiger partial charge in [-0.05, 0) is 57.2 Å². The summed E-state index contributed by atoms with van der Waals surface area (Å²) in [7, 11) is -3.74. The molecule has 0 aliphatic carbocycles. The van der Waals surface area contributed by atoms with E-state index >= 15 is 0 Å². The molecule has 0 spiro atoms. The number of rotatable bonds is 5. The van der Waals surface area contributed by atoms with E-state index in [0.29, 0.717) is 18.8 Å². The van der Waals surface area contributed by atoms with E-state index in [1.54, 1.807) is 19.1 Å². The van der Waals surface area contributed by atoms with Gasteiger partial charge in [0.1, 0.15) is 4.90 Å². The number of nitrogens with zero attached hydrogens (tertiary/aromatic N) is 2. The molecule has 2 N–H and O–H groups in total. The number of ether oxygens (including phenoxy) is 1. The van der Waals surface area contributed by atoms with Crippen LogP contribution in [0.5, 0.6) is 0 Å². The second-order valence-corrected chi connectivity index (χ2v) is 9.40. The topological polar surface area (TPSA) is 108 Å². The fourth-order valence-corrected chi connectivity index (χ4v) is 5.60. The van der Waals surface area contributed by atoms with Gasteiger partial charge in [-0.15, -0.1) is 0 Å². The molecule has 0 radical (unpaired) electrons. The van der Waals surface area contributed by atoms with Crippen molar-refractivity contribution in [3.63, 3.8) is 0 Å². The third-order valence-corrected chi connectivity index (χ3v) is 7.33. The Labute approximate surface area is 177 Å². The zero-order valence-corrected chi connectivity index (χ0v) is 18.2. The molecule has 9 nitrogen and oxygen atoms in total. The zero-order valence-electron chi connectivity index (χ0n) is 17.4. The molecule has 2 fully saturated rings. The van der Waals surface area contributed by atoms with Crippen LogP contribution in [0.3, 0.4) is 0 Å². The van der Waals surface area contributed by atoms with E-state index in [2.05, 4.69) is 15.8 Å². The van der Waals surface area contributed by atoms with Crippen LogP contribution in [0.1, 0.15) is 55.8 Å². The lowest BCUT2D eigenvalue weighted by Gasteiger charge is -2.33. The summed E-state index contributed by atoms with van der Waals surface area (Å²) in [4.78, 5) is 26.1. The van der Waals surface area contributed by atoms with Gasteiger partial charge in [-0.1, -0.05) is 6.42 Å². The molecule has 0 atom stereocenters. The number of sulfonamides is 1. The average Bonchev–Trinajstić information content (AvgIpc) is 2.78. The van der Waals surface area contributed by atoms with Crippen LogP contribution < -0.4 is 15.8 Å². The van der Waals surface area contributed by atoms with Crippen LogP contribution >= 0.6 is 0 Å². The van der Waals surface area contributed by atoms with Crippen LogP contribution in [0.4, 0.5) is 10.5 Å². The minimum atomic E-state index is -3.74. The number of hydrogen-bond acceptors (Lipinski definition) is 6. The van der Waals surface area contributed by atoms with Crippen LogP contribution in [0.25, 0.3) is 0 Å². The molecule has 0 bridgehead atoms. The third kappa shape index (κ3) is 5.23. The van der Waals surface area contributed by atoms with Crippen molar-refractivity contribution in [3.05, 3.63) is 23.8 Å². The van der Waals surface area contributed by atoms with E-state index in [1.807, 2.05) is 0 Å². The molecule has 30 heavy (non-hydrogen) atoms. The van der Waals surface area contributed by atoms with Crippen molar-refractivity contribution in [3.8, 4) is 0 Å². The lowest BCUT2D eigenvalue weighted by molar-refractivity contribution is 0.0912. The minimum Gasteiger partial charge on any atom is -0.449 e. The molecule has 10 heteroatoms. The summed E-state index contributed by atoms with van der Waals surface area (Å²) < 4.78 is 33.1. The average molecular weight is 439 g/mol. The number of benzene rings is 1. The van der Waals surface area contributed by atoms with Crippen LogP contribution in [0.15, 0.2) is 23.1 Å². The highest BCUT2D eigenvalue weighted by Gasteiger charge is 2.31. The second-order valence-electron chi connectivity index (χ2n) is 7.49. The number of hydrazine groups is 1. The summed E-state index contributed by atoms with van der Waals surface area (Å²) in [5.74, 6) is -0.608. The monoisotopic (exact) mass is 438 g/mol. The van der Waals surface area contributed by atoms with E-state index in [1.165, 1.54) is 10.4 Å². The van der Waals surface area contributed by atoms with E-state index < -0.39 is 22.0 Å². The van der Waals surface area contributed by atoms with Gasteiger partial charge in [0, 0.05) is 31.7 Å². The van der Waals surface area contributed by atoms with Gasteiger partial charge >= 0.3 is 6.09 Å². The van der Waals surface area contributed by atoms with Gasteiger partial charge in [-0.3, -0.25) is 10.2 Å². The molecular weight excluding hydrogens is 408 g/mol. The summed E-state index contributed by atoms with van der Waals surface area (Å²) in [6, 6.07) is 4.69. The van der Waals surface area contributed by atoms with E-state index in [4.69, 9.17) is 4.74 Å². The molecule has 0 unspecified atom stereocenters. The van der Waals surface area contributed by atoms with Crippen molar-refractivity contribution in [2.45, 2.75) is 50.3 Å². The fourth-order valence-electron chi connectivity index (χ4n) is 3.85. The van der Waals surface area contributed by atoms with Crippen LogP contribution in [-0.4, -0.2) is 57.5 Å². The molecule has 0 saturated carbocycles. The summed E-state index contributed by atoms with van der Waals surface area (Å²) in [5.41, 5.74) is 5.20. The number of hydrogen-bond donors (Lipinski definition) is 2. The SMILES string of the molecule is CCOC(=O)NNC(=O)c1ccc(N2CCCCC2)c(S(=O)(=O)N2CCCCC2)c1. The van der Waals surface area contributed by atoms with Crippen molar-refractivity contribution in [2.75, 3.05) is 37.7 Å². The van der Waals surface area contributed by atoms with Gasteiger partial charge in [0.25, 0.3) is 5.91 Å². The smallest absolute Gasteiger partial charge is 0.426 e. The Bertz CT molecular complexity index is 862. The Kier molecular flexibility index (Phi) is 7.54. The Hall–Kier alpha value is -2.33. The van der Waals surface area contributed by atoms with Crippen LogP contribution in [0.2, 0.25) is 0 Å². The summed E-state index contributed by atoms with van der Waals surface area (Å²) in [5, 5.41) is 0. The first-order valence-corrected chi connectivity index (χ1v) is 12.0. The highest BCUT2D eigenvalue weighted by molar-refractivity contribution is 7.89. The predicted octanol–water partition coefficient (Wildman–Crippen LogP) is 2.24. The maximum Gasteiger partial charge on any atom is 0.426 e. The van der Waals surface area contributed by atoms with E-state index in [0.717, 1.165) is 51.6 Å². The van der Waals surface area contributed by atoms with Crippen molar-refractivity contribution in [1.29, 1.82) is 0 Å². The number of nitrogens with one attached hydrogen (secondary N) is 2. The number of amides is 2. The Balaban J connectivity index is 1.90. The second kappa shape index (κ2) is 10.1. The fraction of sp³-hybridized carbons (Fsp3) is 0.600. The molecule has 2 amide bonds. The van der Waals surface area contributed by atoms with Gasteiger partial charge in [0.15, 0.2) is 0 Å². The normalized spacial score (nSPS) is 18.0. The third-order valence-electron chi connectivity index (χ3n) is 5.41. The molecule has 2 aliphatic rings. The van der Waals surface area contributed by atoms with Gasteiger partial charge in [-0.25, -0.2) is 18.6 Å². The van der Waals surface area contributed by atoms with Crippen molar-refractivity contribution in [1.82, 2.24) is 15.2 Å². The predicted molar refractivity (Wildman–Crippen MR) is 113 cm³/mol. The zero-order chi connectivity index (χ0) is 21.6. The summed E-state index contributed by atoms with van der Waals surface area (Å²) in [6.45, 7) is 4.38. The number of carbonyl (C=O) groups is 2. The largest absolute Gasteiger partial charge is 0.449 e. The first-order chi connectivity index (χ1) is 14.4. The van der Waals surface area contributed by atoms with Gasteiger partial charge in [0.2, 0.25) is 10.0 Å². The maximum absolute atomic E-state index is 13.5. The summed E-state index contributed by atoms with van der Waals surface area (Å²) in [6.07, 6.45) is 5.06. The Morgan fingerprint density at radius 1 is 0.967 bits per heavy atom. The van der Waals surface area contributed by atoms with E-state index in [-0.39, 0.29) is 17.1 Å². The first-order valence-electron chi connectivity index (χ1n) is 10.6. The molecule has 2 heterocycles. The highest BCUT2D eigenvalue weighted by Crippen LogP contribution is 2.32. The Morgan fingerprint density at radius 2 is 1.60 bits per heavy atom. The van der Waals surface area contributed by atoms with Crippen LogP contribution in [0, 0.1) is 0 Å². The lowest BCUT2D eigenvalue weighted by atomic mass is 10.1. The quantitative estimate of drug-likeness (QED) is 0.683. The molecular formula is C20H30N4O5S. The molecule has 2 saturated heterocycles. The molecule has 166 valence electrons. The van der Waals surface area contributed by atoms with Crippen molar-refractivity contribution in [2.24, 2.45) is 0 Å². The number of carbonyl (C=O) groups excluding carboxylic acids is 2. The van der Waals surface area contributed by atoms with Crippen molar-refractivity contribution >= 4 is 27.7 Å². The lowest BCUT2D eigenvalue weighted by Crippen LogP contribution is -2.42. The molecule has 0 aromatic heterocycles. The van der Waals surface area contributed by atoms with E-state index in [9.17, 15) is 18.0 Å². The maximum atomic E-state index is 13.5. The number of anilines is 1. The molecule has 1 aromatic carbocycles. The number of piperidine rings is 2. The summed E-state index contributed by atoms with van der Waals surface area (Å²) >= 11 is 0. The van der Waals surface area contributed by atoms with Gasteiger partial charge in [0.05, 0.1) is 12.3 Å². The highest BCUT2D eigenvalue weighted by atomic mass is 32.2. The van der Waals surface area contributed by atoms with Gasteiger partial charge < -0.3 is 9.64 Å². The first kappa shape index (κ1) is 22.4. The standard InChI is InChI=1S/C20H30N4O5S/c1-2-29-20(26)22-21-19(25)16-9-10-17(23-11-5-3-6-12-23)18(15-16)30(27,28)24-13-7-4-8-14-24/h9-10,15H,2-8,11-14H2,1H3,(H,21,25)(H,22,26). The molecule has 3 rings (SSSR count).